The first-order valence-electron chi connectivity index (χ1n) is 7.57. The SMILES string of the molecule is CCCCCCCC[N+]1=Cc2ccccc2CC1. The van der Waals surface area contributed by atoms with Gasteiger partial charge in [0.15, 0.2) is 6.21 Å². The van der Waals surface area contributed by atoms with Crippen molar-refractivity contribution in [1.82, 2.24) is 0 Å². The van der Waals surface area contributed by atoms with Gasteiger partial charge in [0, 0.05) is 18.4 Å². The van der Waals surface area contributed by atoms with Crippen LogP contribution in [0.15, 0.2) is 24.3 Å². The van der Waals surface area contributed by atoms with Crippen LogP contribution in [0.25, 0.3) is 0 Å². The molecule has 1 heterocycles. The fourth-order valence-electron chi connectivity index (χ4n) is 2.68. The summed E-state index contributed by atoms with van der Waals surface area (Å²) < 4.78 is 2.50. The van der Waals surface area contributed by atoms with Crippen molar-refractivity contribution in [3.05, 3.63) is 35.4 Å². The summed E-state index contributed by atoms with van der Waals surface area (Å²) in [5.41, 5.74) is 2.94. The van der Waals surface area contributed by atoms with Gasteiger partial charge in [-0.15, -0.1) is 0 Å². The lowest BCUT2D eigenvalue weighted by atomic mass is 10.0. The summed E-state index contributed by atoms with van der Waals surface area (Å²) in [4.78, 5) is 0. The highest BCUT2D eigenvalue weighted by molar-refractivity contribution is 5.78. The molecule has 0 unspecified atom stereocenters. The van der Waals surface area contributed by atoms with Gasteiger partial charge in [0.05, 0.1) is 0 Å². The van der Waals surface area contributed by atoms with E-state index in [2.05, 4.69) is 42.0 Å². The maximum Gasteiger partial charge on any atom is 0.170 e. The van der Waals surface area contributed by atoms with Crippen molar-refractivity contribution in [3.63, 3.8) is 0 Å². The molecule has 0 aliphatic carbocycles. The molecule has 1 aromatic carbocycles. The van der Waals surface area contributed by atoms with E-state index in [0.29, 0.717) is 0 Å². The minimum atomic E-state index is 1.20. The Balaban J connectivity index is 1.73. The molecule has 1 heteroatoms. The first kappa shape index (κ1) is 13.3. The number of fused-ring (bicyclic) bond motifs is 1. The van der Waals surface area contributed by atoms with Crippen molar-refractivity contribution in [1.29, 1.82) is 0 Å². The summed E-state index contributed by atoms with van der Waals surface area (Å²) in [5.74, 6) is 0. The number of nitrogens with zero attached hydrogens (tertiary/aromatic N) is 1. The summed E-state index contributed by atoms with van der Waals surface area (Å²) in [6, 6.07) is 8.79. The largest absolute Gasteiger partial charge is 0.235 e. The lowest BCUT2D eigenvalue weighted by molar-refractivity contribution is -0.524. The van der Waals surface area contributed by atoms with Crippen LogP contribution in [0.5, 0.6) is 0 Å². The molecule has 0 saturated carbocycles. The summed E-state index contributed by atoms with van der Waals surface area (Å²) in [7, 11) is 0. The molecule has 0 fully saturated rings. The van der Waals surface area contributed by atoms with E-state index in [9.17, 15) is 0 Å². The Morgan fingerprint density at radius 3 is 2.67 bits per heavy atom. The van der Waals surface area contributed by atoms with Crippen LogP contribution in [0, 0.1) is 0 Å². The third-order valence-corrected chi connectivity index (χ3v) is 3.84. The van der Waals surface area contributed by atoms with Gasteiger partial charge in [-0.25, -0.2) is 4.58 Å². The highest BCUT2D eigenvalue weighted by atomic mass is 15.0. The highest BCUT2D eigenvalue weighted by Crippen LogP contribution is 2.12. The van der Waals surface area contributed by atoms with Crippen LogP contribution in [-0.2, 0) is 6.42 Å². The zero-order valence-corrected chi connectivity index (χ0v) is 11.7. The Hall–Kier alpha value is -1.11. The second kappa shape index (κ2) is 7.35. The van der Waals surface area contributed by atoms with Crippen molar-refractivity contribution < 1.29 is 4.58 Å². The van der Waals surface area contributed by atoms with E-state index in [1.165, 1.54) is 69.2 Å². The van der Waals surface area contributed by atoms with E-state index in [0.717, 1.165) is 0 Å². The van der Waals surface area contributed by atoms with Crippen molar-refractivity contribution in [2.75, 3.05) is 13.1 Å². The van der Waals surface area contributed by atoms with Gasteiger partial charge in [0.2, 0.25) is 0 Å². The number of hydrogen-bond donors (Lipinski definition) is 0. The fourth-order valence-corrected chi connectivity index (χ4v) is 2.68. The molecular weight excluding hydrogens is 218 g/mol. The summed E-state index contributed by atoms with van der Waals surface area (Å²) in [6.07, 6.45) is 11.9. The van der Waals surface area contributed by atoms with Crippen LogP contribution >= 0.6 is 0 Å². The Morgan fingerprint density at radius 1 is 1.00 bits per heavy atom. The minimum absolute atomic E-state index is 1.20. The third-order valence-electron chi connectivity index (χ3n) is 3.84. The summed E-state index contributed by atoms with van der Waals surface area (Å²) in [5, 5.41) is 0. The van der Waals surface area contributed by atoms with Crippen LogP contribution in [0.4, 0.5) is 0 Å². The predicted octanol–water partition coefficient (Wildman–Crippen LogP) is 4.03. The molecule has 98 valence electrons. The average molecular weight is 244 g/mol. The van der Waals surface area contributed by atoms with Gasteiger partial charge in [-0.05, 0) is 18.1 Å². The molecule has 1 aliphatic rings. The van der Waals surface area contributed by atoms with Crippen LogP contribution in [0.1, 0.15) is 56.6 Å². The van der Waals surface area contributed by atoms with Crippen molar-refractivity contribution in [2.24, 2.45) is 0 Å². The lowest BCUT2D eigenvalue weighted by Gasteiger charge is -2.12. The maximum absolute atomic E-state index is 2.50. The third kappa shape index (κ3) is 3.97. The molecule has 0 radical (unpaired) electrons. The number of rotatable bonds is 7. The van der Waals surface area contributed by atoms with E-state index < -0.39 is 0 Å². The normalized spacial score (nSPS) is 14.2. The molecule has 0 amide bonds. The van der Waals surface area contributed by atoms with Gasteiger partial charge in [0.1, 0.15) is 13.1 Å². The van der Waals surface area contributed by atoms with E-state index in [-0.39, 0.29) is 0 Å². The van der Waals surface area contributed by atoms with Gasteiger partial charge in [-0.3, -0.25) is 0 Å². The fraction of sp³-hybridized carbons (Fsp3) is 0.588. The van der Waals surface area contributed by atoms with Crippen molar-refractivity contribution >= 4 is 6.21 Å². The Labute approximate surface area is 112 Å². The molecule has 1 aromatic rings. The minimum Gasteiger partial charge on any atom is -0.235 e. The molecule has 1 aliphatic heterocycles. The molecule has 0 saturated heterocycles. The van der Waals surface area contributed by atoms with Gasteiger partial charge >= 0.3 is 0 Å². The molecule has 0 atom stereocenters. The molecular formula is C17H26N+. The van der Waals surface area contributed by atoms with E-state index in [1.807, 2.05) is 0 Å². The van der Waals surface area contributed by atoms with E-state index in [4.69, 9.17) is 0 Å². The molecule has 1 nitrogen and oxygen atoms in total. The second-order valence-corrected chi connectivity index (χ2v) is 5.38. The summed E-state index contributed by atoms with van der Waals surface area (Å²) in [6.45, 7) is 4.71. The molecule has 0 N–H and O–H groups in total. The van der Waals surface area contributed by atoms with Crippen LogP contribution in [-0.4, -0.2) is 23.9 Å². The number of benzene rings is 1. The van der Waals surface area contributed by atoms with Gasteiger partial charge in [0.25, 0.3) is 0 Å². The molecule has 2 rings (SSSR count). The Morgan fingerprint density at radius 2 is 1.78 bits per heavy atom. The topological polar surface area (TPSA) is 3.01 Å². The predicted molar refractivity (Wildman–Crippen MR) is 78.7 cm³/mol. The van der Waals surface area contributed by atoms with Crippen LogP contribution < -0.4 is 0 Å². The van der Waals surface area contributed by atoms with Gasteiger partial charge in [-0.1, -0.05) is 50.8 Å². The monoisotopic (exact) mass is 244 g/mol. The molecule has 0 spiro atoms. The lowest BCUT2D eigenvalue weighted by Crippen LogP contribution is -2.23. The van der Waals surface area contributed by atoms with Crippen LogP contribution in [0.2, 0.25) is 0 Å². The van der Waals surface area contributed by atoms with Crippen molar-refractivity contribution in [2.45, 2.75) is 51.9 Å². The first-order chi connectivity index (χ1) is 8.90. The zero-order valence-electron chi connectivity index (χ0n) is 11.7. The zero-order chi connectivity index (χ0) is 12.6. The van der Waals surface area contributed by atoms with Gasteiger partial charge < -0.3 is 0 Å². The quantitative estimate of drug-likeness (QED) is 0.503. The van der Waals surface area contributed by atoms with E-state index >= 15 is 0 Å². The molecule has 0 bridgehead atoms. The smallest absolute Gasteiger partial charge is 0.170 e. The Kier molecular flexibility index (Phi) is 5.44. The highest BCUT2D eigenvalue weighted by Gasteiger charge is 2.14. The summed E-state index contributed by atoms with van der Waals surface area (Å²) >= 11 is 0. The van der Waals surface area contributed by atoms with E-state index in [1.54, 1.807) is 0 Å². The number of unbranched alkanes of at least 4 members (excludes halogenated alkanes) is 5. The van der Waals surface area contributed by atoms with Crippen LogP contribution in [0.3, 0.4) is 0 Å². The molecule has 0 aromatic heterocycles. The standard InChI is InChI=1S/C17H26N/c1-2-3-4-5-6-9-13-18-14-12-16-10-7-8-11-17(16)15-18/h7-8,10-11,15H,2-6,9,12-14H2,1H3/q+1. The first-order valence-corrected chi connectivity index (χ1v) is 7.57. The maximum atomic E-state index is 2.50. The second-order valence-electron chi connectivity index (χ2n) is 5.38. The Bertz CT molecular complexity index is 392. The number of hydrogen-bond acceptors (Lipinski definition) is 0. The molecule has 18 heavy (non-hydrogen) atoms. The average Bonchev–Trinajstić information content (AvgIpc) is 2.42. The van der Waals surface area contributed by atoms with Gasteiger partial charge in [-0.2, -0.15) is 0 Å². The van der Waals surface area contributed by atoms with Crippen molar-refractivity contribution in [3.8, 4) is 0 Å².